The van der Waals surface area contributed by atoms with Crippen LogP contribution in [-0.2, 0) is 9.59 Å². The van der Waals surface area contributed by atoms with E-state index in [-0.39, 0.29) is 11.8 Å². The number of benzene rings is 2. The maximum Gasteiger partial charge on any atom is 0.240 e. The SMILES string of the molecule is CC/C(=N\NC(=O)CCCCCC(=O)N/N=C(\CC)c1cccc(Cl)c1)c1cccc(Cl)c1. The van der Waals surface area contributed by atoms with Crippen LogP contribution in [0, 0.1) is 0 Å². The number of hydrogen-bond acceptors (Lipinski definition) is 4. The van der Waals surface area contributed by atoms with Gasteiger partial charge in [0, 0.05) is 22.9 Å². The smallest absolute Gasteiger partial charge is 0.240 e. The highest BCUT2D eigenvalue weighted by atomic mass is 35.5. The summed E-state index contributed by atoms with van der Waals surface area (Å²) >= 11 is 12.0. The summed E-state index contributed by atoms with van der Waals surface area (Å²) in [5.41, 5.74) is 8.54. The van der Waals surface area contributed by atoms with Crippen molar-refractivity contribution in [1.82, 2.24) is 10.9 Å². The molecule has 2 aromatic rings. The van der Waals surface area contributed by atoms with E-state index in [2.05, 4.69) is 21.1 Å². The fraction of sp³-hybridized carbons (Fsp3) is 0.360. The van der Waals surface area contributed by atoms with E-state index in [1.54, 1.807) is 12.1 Å². The van der Waals surface area contributed by atoms with Crippen LogP contribution in [0.15, 0.2) is 58.7 Å². The zero-order valence-electron chi connectivity index (χ0n) is 19.0. The van der Waals surface area contributed by atoms with Crippen molar-refractivity contribution >= 4 is 46.4 Å². The van der Waals surface area contributed by atoms with Crippen LogP contribution >= 0.6 is 23.2 Å². The van der Waals surface area contributed by atoms with Gasteiger partial charge in [-0.2, -0.15) is 10.2 Å². The lowest BCUT2D eigenvalue weighted by molar-refractivity contribution is -0.121. The molecule has 0 atom stereocenters. The van der Waals surface area contributed by atoms with E-state index < -0.39 is 0 Å². The maximum absolute atomic E-state index is 12.1. The summed E-state index contributed by atoms with van der Waals surface area (Å²) in [4.78, 5) is 24.2. The third-order valence-electron chi connectivity index (χ3n) is 4.92. The van der Waals surface area contributed by atoms with Crippen LogP contribution < -0.4 is 10.9 Å². The molecule has 0 saturated carbocycles. The van der Waals surface area contributed by atoms with Gasteiger partial charge in [-0.05, 0) is 61.1 Å². The van der Waals surface area contributed by atoms with Crippen molar-refractivity contribution in [2.24, 2.45) is 10.2 Å². The third-order valence-corrected chi connectivity index (χ3v) is 5.39. The van der Waals surface area contributed by atoms with Gasteiger partial charge in [-0.3, -0.25) is 9.59 Å². The molecule has 6 nitrogen and oxygen atoms in total. The first-order valence-electron chi connectivity index (χ1n) is 11.2. The van der Waals surface area contributed by atoms with Gasteiger partial charge in [-0.25, -0.2) is 10.9 Å². The van der Waals surface area contributed by atoms with Crippen molar-refractivity contribution in [1.29, 1.82) is 0 Å². The highest BCUT2D eigenvalue weighted by Crippen LogP contribution is 2.14. The lowest BCUT2D eigenvalue weighted by atomic mass is 10.1. The van der Waals surface area contributed by atoms with Gasteiger partial charge >= 0.3 is 0 Å². The van der Waals surface area contributed by atoms with Crippen molar-refractivity contribution in [3.63, 3.8) is 0 Å². The molecule has 2 N–H and O–H groups in total. The number of nitrogens with zero attached hydrogens (tertiary/aromatic N) is 2. The average Bonchev–Trinajstić information content (AvgIpc) is 2.80. The van der Waals surface area contributed by atoms with Gasteiger partial charge in [0.05, 0.1) is 11.4 Å². The average molecular weight is 489 g/mol. The number of halogens is 2. The molecule has 0 heterocycles. The summed E-state index contributed by atoms with van der Waals surface area (Å²) in [7, 11) is 0. The van der Waals surface area contributed by atoms with Crippen molar-refractivity contribution in [2.45, 2.75) is 58.8 Å². The molecule has 33 heavy (non-hydrogen) atoms. The van der Waals surface area contributed by atoms with Gasteiger partial charge < -0.3 is 0 Å². The minimum atomic E-state index is -0.147. The van der Waals surface area contributed by atoms with Crippen LogP contribution in [0.2, 0.25) is 10.0 Å². The Morgan fingerprint density at radius 1 is 0.727 bits per heavy atom. The molecule has 2 amide bonds. The molecule has 0 aliphatic rings. The number of rotatable bonds is 12. The summed E-state index contributed by atoms with van der Waals surface area (Å²) in [6.45, 7) is 3.94. The van der Waals surface area contributed by atoms with E-state index in [1.807, 2.05) is 50.2 Å². The molecular weight excluding hydrogens is 459 g/mol. The minimum absolute atomic E-state index is 0.147. The van der Waals surface area contributed by atoms with Crippen LogP contribution in [-0.4, -0.2) is 23.2 Å². The normalized spacial score (nSPS) is 11.9. The topological polar surface area (TPSA) is 82.9 Å². The molecule has 8 heteroatoms. The third kappa shape index (κ3) is 9.76. The Morgan fingerprint density at radius 2 is 1.15 bits per heavy atom. The molecule has 0 spiro atoms. The Morgan fingerprint density at radius 3 is 1.52 bits per heavy atom. The Bertz CT molecular complexity index is 926. The highest BCUT2D eigenvalue weighted by Gasteiger charge is 2.07. The van der Waals surface area contributed by atoms with E-state index in [0.717, 1.165) is 29.0 Å². The first-order chi connectivity index (χ1) is 15.9. The molecule has 0 fully saturated rings. The summed E-state index contributed by atoms with van der Waals surface area (Å²) in [6.07, 6.45) is 4.18. The number of hydrazone groups is 2. The number of unbranched alkanes of at least 4 members (excludes halogenated alkanes) is 2. The molecular formula is C25H30Cl2N4O2. The number of hydrogen-bond donors (Lipinski definition) is 2. The zero-order chi connectivity index (χ0) is 24.1. The van der Waals surface area contributed by atoms with Crippen LogP contribution in [0.3, 0.4) is 0 Å². The molecule has 0 unspecified atom stereocenters. The maximum atomic E-state index is 12.1. The van der Waals surface area contributed by atoms with Crippen molar-refractivity contribution in [2.75, 3.05) is 0 Å². The fourth-order valence-electron chi connectivity index (χ4n) is 3.15. The second-order valence-electron chi connectivity index (χ2n) is 7.48. The fourth-order valence-corrected chi connectivity index (χ4v) is 3.53. The van der Waals surface area contributed by atoms with Crippen molar-refractivity contribution in [3.05, 3.63) is 69.7 Å². The molecule has 0 radical (unpaired) electrons. The molecule has 0 aliphatic heterocycles. The van der Waals surface area contributed by atoms with Crippen LogP contribution in [0.1, 0.15) is 69.9 Å². The molecule has 176 valence electrons. The zero-order valence-corrected chi connectivity index (χ0v) is 20.5. The lowest BCUT2D eigenvalue weighted by Gasteiger charge is -2.06. The van der Waals surface area contributed by atoms with E-state index in [0.29, 0.717) is 48.6 Å². The number of carbonyl (C=O) groups is 2. The Hall–Kier alpha value is -2.70. The molecule has 2 aromatic carbocycles. The first-order valence-corrected chi connectivity index (χ1v) is 11.9. The second-order valence-corrected chi connectivity index (χ2v) is 8.35. The van der Waals surface area contributed by atoms with E-state index in [4.69, 9.17) is 23.2 Å². The lowest BCUT2D eigenvalue weighted by Crippen LogP contribution is -2.20. The van der Waals surface area contributed by atoms with Gasteiger partial charge in [0.25, 0.3) is 0 Å². The van der Waals surface area contributed by atoms with Crippen molar-refractivity contribution < 1.29 is 9.59 Å². The van der Waals surface area contributed by atoms with Crippen LogP contribution in [0.5, 0.6) is 0 Å². The second kappa shape index (κ2) is 14.4. The largest absolute Gasteiger partial charge is 0.273 e. The van der Waals surface area contributed by atoms with E-state index >= 15 is 0 Å². The molecule has 0 aliphatic carbocycles. The first kappa shape index (κ1) is 26.6. The molecule has 0 aromatic heterocycles. The van der Waals surface area contributed by atoms with Gasteiger partial charge in [0.1, 0.15) is 0 Å². The summed E-state index contributed by atoms with van der Waals surface area (Å²) in [5.74, 6) is -0.294. The monoisotopic (exact) mass is 488 g/mol. The number of nitrogens with one attached hydrogen (secondary N) is 2. The Labute approximate surface area is 205 Å². The van der Waals surface area contributed by atoms with Crippen molar-refractivity contribution in [3.8, 4) is 0 Å². The van der Waals surface area contributed by atoms with Crippen LogP contribution in [0.4, 0.5) is 0 Å². The standard InChI is InChI=1S/C25H30Cl2N4O2/c1-3-22(18-10-8-12-20(26)16-18)28-30-24(32)14-6-5-7-15-25(33)31-29-23(4-2)19-11-9-13-21(27)17-19/h8-13,16-17H,3-7,14-15H2,1-2H3,(H,30,32)(H,31,33)/b28-22+,29-23+. The summed E-state index contributed by atoms with van der Waals surface area (Å²) in [5, 5.41) is 9.72. The summed E-state index contributed by atoms with van der Waals surface area (Å²) < 4.78 is 0. The predicted octanol–water partition coefficient (Wildman–Crippen LogP) is 6.10. The Balaban J connectivity index is 1.69. The van der Waals surface area contributed by atoms with Crippen LogP contribution in [0.25, 0.3) is 0 Å². The van der Waals surface area contributed by atoms with E-state index in [9.17, 15) is 9.59 Å². The predicted molar refractivity (Wildman–Crippen MR) is 136 cm³/mol. The molecule has 0 saturated heterocycles. The van der Waals surface area contributed by atoms with Gasteiger partial charge in [0.2, 0.25) is 11.8 Å². The molecule has 0 bridgehead atoms. The van der Waals surface area contributed by atoms with Gasteiger partial charge in [-0.1, -0.05) is 67.7 Å². The quantitative estimate of drug-likeness (QED) is 0.214. The minimum Gasteiger partial charge on any atom is -0.273 e. The van der Waals surface area contributed by atoms with E-state index in [1.165, 1.54) is 0 Å². The summed E-state index contributed by atoms with van der Waals surface area (Å²) in [6, 6.07) is 14.8. The van der Waals surface area contributed by atoms with Gasteiger partial charge in [0.15, 0.2) is 0 Å². The van der Waals surface area contributed by atoms with Gasteiger partial charge in [-0.15, -0.1) is 0 Å². The molecule has 2 rings (SSSR count). The highest BCUT2D eigenvalue weighted by molar-refractivity contribution is 6.31. The number of amides is 2. The number of carbonyl (C=O) groups excluding carboxylic acids is 2. The Kier molecular flexibility index (Phi) is 11.6.